The first-order valence-electron chi connectivity index (χ1n) is 28.6. The Morgan fingerprint density at radius 1 is 0.667 bits per heavy atom. The highest BCUT2D eigenvalue weighted by molar-refractivity contribution is 5.92. The van der Waals surface area contributed by atoms with Crippen LogP contribution in [0.15, 0.2) is 11.6 Å². The number of nitrogens with zero attached hydrogens (tertiary/aromatic N) is 2. The summed E-state index contributed by atoms with van der Waals surface area (Å²) < 4.78 is 0. The van der Waals surface area contributed by atoms with E-state index in [1.54, 1.807) is 0 Å². The molecule has 408 valence electrons. The number of rotatable bonds is 10. The van der Waals surface area contributed by atoms with Gasteiger partial charge in [0.1, 0.15) is 11.6 Å². The van der Waals surface area contributed by atoms with E-state index in [4.69, 9.17) is 0 Å². The van der Waals surface area contributed by atoms with Crippen LogP contribution in [-0.4, -0.2) is 131 Å². The van der Waals surface area contributed by atoms with Gasteiger partial charge in [-0.2, -0.15) is 0 Å². The van der Waals surface area contributed by atoms with Crippen molar-refractivity contribution in [1.82, 2.24) is 20.4 Å². The number of carbonyl (C=O) groups is 4. The predicted molar refractivity (Wildman–Crippen MR) is 282 cm³/mol. The molecule has 21 atom stereocenters. The van der Waals surface area contributed by atoms with Gasteiger partial charge in [-0.3, -0.25) is 19.2 Å². The quantitative estimate of drug-likeness (QED) is 0.121. The van der Waals surface area contributed by atoms with Gasteiger partial charge in [0, 0.05) is 82.8 Å². The second kappa shape index (κ2) is 18.8. The largest absolute Gasteiger partial charge is 0.396 e. The van der Waals surface area contributed by atoms with E-state index in [0.29, 0.717) is 30.8 Å². The van der Waals surface area contributed by atoms with E-state index >= 15 is 0 Å². The summed E-state index contributed by atoms with van der Waals surface area (Å²) in [5.74, 6) is 1.66. The Bertz CT molecular complexity index is 2160. The van der Waals surface area contributed by atoms with Gasteiger partial charge in [0.2, 0.25) is 11.8 Å². The highest BCUT2D eigenvalue weighted by Gasteiger charge is 2.86. The number of aliphatic hydroxyl groups excluding tert-OH is 4. The Morgan fingerprint density at radius 2 is 1.18 bits per heavy atom. The number of amides is 2. The van der Waals surface area contributed by atoms with Gasteiger partial charge in [-0.1, -0.05) is 80.9 Å². The Morgan fingerprint density at radius 3 is 1.71 bits per heavy atom. The first kappa shape index (κ1) is 56.0. The molecule has 6 N–H and O–H groups in total. The van der Waals surface area contributed by atoms with Gasteiger partial charge < -0.3 is 40.9 Å². The summed E-state index contributed by atoms with van der Waals surface area (Å²) in [6, 6.07) is 0.230. The maximum Gasteiger partial charge on any atom is 0.222 e. The molecule has 0 saturated heterocycles. The first-order chi connectivity index (χ1) is 33.4. The maximum absolute atomic E-state index is 14.4. The van der Waals surface area contributed by atoms with Gasteiger partial charge in [-0.25, -0.2) is 0 Å². The number of aliphatic hydroxyl groups is 4. The number of fused-ring (bicyclic) bond motifs is 6. The van der Waals surface area contributed by atoms with Crippen molar-refractivity contribution < 1.29 is 39.6 Å². The molecule has 8 saturated carbocycles. The lowest BCUT2D eigenvalue weighted by atomic mass is 9.41. The van der Waals surface area contributed by atoms with Crippen LogP contribution in [0, 0.1) is 96.6 Å². The summed E-state index contributed by atoms with van der Waals surface area (Å²) in [6.07, 6.45) is 12.0. The molecule has 0 aromatic rings. The Kier molecular flexibility index (Phi) is 14.6. The zero-order chi connectivity index (χ0) is 53.4. The zero-order valence-corrected chi connectivity index (χ0v) is 47.7. The SMILES string of the molecule is CC(C)C(=O)N[C@H]1CC=C2CC3C(=O)C[C@]4(C)[C@@H](C(C)N(C)C)[C@H](O)C[C@@]4(C)C3CCC2[C@]1(C)CO.CC(C)C(=O)N[C@H]1CCC23C[C@]24C(=O)C[C@]2(C)[C@@H](C(C)N(C)C)[C@H](O)C[C@@]2(C)C4CCC3[C@]1(C)CO. The van der Waals surface area contributed by atoms with Crippen molar-refractivity contribution in [3.05, 3.63) is 11.6 Å². The van der Waals surface area contributed by atoms with Crippen LogP contribution in [0.1, 0.15) is 167 Å². The Labute approximate surface area is 434 Å². The highest BCUT2D eigenvalue weighted by atomic mass is 16.3. The fourth-order valence-electron chi connectivity index (χ4n) is 20.1. The second-order valence-electron chi connectivity index (χ2n) is 28.8. The van der Waals surface area contributed by atoms with Gasteiger partial charge in [0.25, 0.3) is 0 Å². The number of carbonyl (C=O) groups excluding carboxylic acids is 4. The van der Waals surface area contributed by atoms with Crippen LogP contribution >= 0.6 is 0 Å². The van der Waals surface area contributed by atoms with E-state index in [-0.39, 0.29) is 135 Å². The van der Waals surface area contributed by atoms with Crippen molar-refractivity contribution in [2.24, 2.45) is 96.6 Å². The number of allylic oxidation sites excluding steroid dienone is 1. The van der Waals surface area contributed by atoms with Gasteiger partial charge in [0.05, 0.1) is 25.4 Å². The van der Waals surface area contributed by atoms with Gasteiger partial charge in [-0.05, 0) is 163 Å². The smallest absolute Gasteiger partial charge is 0.222 e. The third-order valence-electron chi connectivity index (χ3n) is 25.0. The lowest BCUT2D eigenvalue weighted by Gasteiger charge is -2.63. The average molecular weight is 1010 g/mol. The molecule has 12 heteroatoms. The van der Waals surface area contributed by atoms with E-state index < -0.39 is 23.0 Å². The second-order valence-corrected chi connectivity index (χ2v) is 28.8. The predicted octanol–water partition coefficient (Wildman–Crippen LogP) is 7.44. The molecule has 9 rings (SSSR count). The lowest BCUT2D eigenvalue weighted by Crippen LogP contribution is -2.64. The van der Waals surface area contributed by atoms with Crippen molar-refractivity contribution in [2.75, 3.05) is 41.4 Å². The van der Waals surface area contributed by atoms with Crippen LogP contribution in [0.3, 0.4) is 0 Å². The van der Waals surface area contributed by atoms with E-state index in [1.165, 1.54) is 5.57 Å². The lowest BCUT2D eigenvalue weighted by molar-refractivity contribution is -0.173. The molecule has 0 heterocycles. The van der Waals surface area contributed by atoms with E-state index in [9.17, 15) is 39.6 Å². The zero-order valence-electron chi connectivity index (χ0n) is 47.7. The van der Waals surface area contributed by atoms with Crippen LogP contribution in [0.25, 0.3) is 0 Å². The van der Waals surface area contributed by atoms with Crippen molar-refractivity contribution in [1.29, 1.82) is 0 Å². The summed E-state index contributed by atoms with van der Waals surface area (Å²) in [5, 5.41) is 50.7. The third-order valence-corrected chi connectivity index (χ3v) is 25.0. The summed E-state index contributed by atoms with van der Waals surface area (Å²) in [7, 11) is 8.29. The average Bonchev–Trinajstić information content (AvgIpc) is 3.94. The van der Waals surface area contributed by atoms with Crippen LogP contribution in [-0.2, 0) is 19.2 Å². The molecular formula is C60H100N4O8. The summed E-state index contributed by atoms with van der Waals surface area (Å²) in [4.78, 5) is 57.9. The van der Waals surface area contributed by atoms with E-state index in [0.717, 1.165) is 64.2 Å². The molecule has 9 aliphatic carbocycles. The topological polar surface area (TPSA) is 180 Å². The van der Waals surface area contributed by atoms with Crippen molar-refractivity contribution in [3.63, 3.8) is 0 Å². The summed E-state index contributed by atoms with van der Waals surface area (Å²) in [5.41, 5.74) is -0.617. The van der Waals surface area contributed by atoms with E-state index in [1.807, 2.05) is 27.7 Å². The molecule has 8 unspecified atom stereocenters. The monoisotopic (exact) mass is 1000 g/mol. The molecule has 0 aliphatic heterocycles. The molecule has 9 aliphatic rings. The number of nitrogens with one attached hydrogen (secondary N) is 2. The van der Waals surface area contributed by atoms with Crippen LogP contribution in [0.5, 0.6) is 0 Å². The van der Waals surface area contributed by atoms with Crippen LogP contribution in [0.2, 0.25) is 0 Å². The fraction of sp³-hybridized carbons (Fsp3) is 0.900. The maximum atomic E-state index is 14.4. The van der Waals surface area contributed by atoms with Crippen LogP contribution in [0.4, 0.5) is 0 Å². The normalized spacial score (nSPS) is 48.9. The van der Waals surface area contributed by atoms with Crippen molar-refractivity contribution in [3.8, 4) is 0 Å². The number of Topliss-reactive ketones (excluding diaryl/α,β-unsaturated/α-hetero) is 2. The highest BCUT2D eigenvalue weighted by Crippen LogP contribution is 2.88. The minimum absolute atomic E-state index is 0.0114. The van der Waals surface area contributed by atoms with E-state index in [2.05, 4.69) is 110 Å². The van der Waals surface area contributed by atoms with Gasteiger partial charge in [0.15, 0.2) is 0 Å². The number of hydrogen-bond acceptors (Lipinski definition) is 10. The van der Waals surface area contributed by atoms with Gasteiger partial charge >= 0.3 is 0 Å². The fourth-order valence-corrected chi connectivity index (χ4v) is 20.1. The van der Waals surface area contributed by atoms with Crippen molar-refractivity contribution >= 4 is 23.4 Å². The molecule has 0 aromatic carbocycles. The molecule has 72 heavy (non-hydrogen) atoms. The molecule has 8 fully saturated rings. The number of ketones is 2. The minimum Gasteiger partial charge on any atom is -0.396 e. The first-order valence-corrected chi connectivity index (χ1v) is 28.6. The Hall–Kier alpha value is -2.22. The standard InChI is InChI=1S/2C30H50N2O4/c1-17(2)25(36)31-22-11-12-29-15-30(29)21(10-9-20(29)26(22,4)16-33)27(5)13-19(34)24(18(3)32(7)8)28(27,6)14-23(30)35;1-17(2)27(36)31-25-12-9-19-13-20-22(11-10-21(19)28(25,4)16-33)29(5)15-24(35)26(18(3)32(7)8)30(29,6)14-23(20)34/h17-22,24,33-34H,9-16H2,1-8H3,(H,31,36);9,17-18,20-22,24-26,33,35H,10-16H2,1-8H3,(H,31,36)/t18?,19-,20?,21?,22+,24+,26+,27+,28-,29?,30+;18?,20?,21?,22?,24-,25+,26+,28+,29+,30-/m11/s1. The van der Waals surface area contributed by atoms with Crippen LogP contribution < -0.4 is 10.6 Å². The third kappa shape index (κ3) is 7.73. The van der Waals surface area contributed by atoms with Crippen molar-refractivity contribution in [2.45, 2.75) is 203 Å². The molecule has 2 spiro atoms. The summed E-state index contributed by atoms with van der Waals surface area (Å²) in [6.45, 7) is 25.6. The molecule has 12 nitrogen and oxygen atoms in total. The minimum atomic E-state index is -0.452. The molecule has 0 bridgehead atoms. The molecular weight excluding hydrogens is 905 g/mol. The molecule has 2 amide bonds. The van der Waals surface area contributed by atoms with Gasteiger partial charge in [-0.15, -0.1) is 0 Å². The summed E-state index contributed by atoms with van der Waals surface area (Å²) >= 11 is 0. The number of hydrogen-bond donors (Lipinski definition) is 6. The Balaban J connectivity index is 0.000000193. The molecule has 0 aromatic heterocycles. The molecule has 0 radical (unpaired) electrons.